The first-order valence-corrected chi connectivity index (χ1v) is 15.1. The summed E-state index contributed by atoms with van der Waals surface area (Å²) in [5.41, 5.74) is 0. The van der Waals surface area contributed by atoms with Gasteiger partial charge in [-0.25, -0.2) is 0 Å². The molecule has 2 N–H and O–H groups in total. The zero-order chi connectivity index (χ0) is 19.2. The van der Waals surface area contributed by atoms with Crippen molar-refractivity contribution in [3.63, 3.8) is 0 Å². The van der Waals surface area contributed by atoms with E-state index in [0.29, 0.717) is 18.8 Å². The van der Waals surface area contributed by atoms with Gasteiger partial charge in [-0.3, -0.25) is 0 Å². The molecule has 0 aromatic heterocycles. The smallest absolute Gasteiger partial charge is 0.327 e. The quantitative estimate of drug-likeness (QED) is 0.627. The lowest BCUT2D eigenvalue weighted by Crippen LogP contribution is -2.56. The van der Waals surface area contributed by atoms with Crippen molar-refractivity contribution in [3.8, 4) is 0 Å². The Kier molecular flexibility index (Phi) is 8.06. The van der Waals surface area contributed by atoms with E-state index in [9.17, 15) is 10.2 Å². The Hall–Kier alpha value is -0.506. The van der Waals surface area contributed by atoms with E-state index >= 15 is 0 Å². The van der Waals surface area contributed by atoms with Gasteiger partial charge in [0.1, 0.15) is 0 Å². The average Bonchev–Trinajstić information content (AvgIpc) is 2.63. The predicted octanol–water partition coefficient (Wildman–Crippen LogP) is 3.53. The van der Waals surface area contributed by atoms with Crippen LogP contribution in [0.5, 0.6) is 0 Å². The molecule has 26 heavy (non-hydrogen) atoms. The molecule has 0 aliphatic heterocycles. The molecular formula is C20H36O4Si2. The summed E-state index contributed by atoms with van der Waals surface area (Å²) in [7, 11) is -2.51. The number of benzene rings is 1. The third-order valence-corrected chi connectivity index (χ3v) is 14.0. The fourth-order valence-corrected chi connectivity index (χ4v) is 12.7. The minimum Gasteiger partial charge on any atom is -0.432 e. The summed E-state index contributed by atoms with van der Waals surface area (Å²) in [4.78, 5) is 0. The first kappa shape index (κ1) is 21.8. The van der Waals surface area contributed by atoms with E-state index < -0.39 is 29.1 Å². The highest BCUT2D eigenvalue weighted by Gasteiger charge is 2.43. The number of hydrogen-bond donors (Lipinski definition) is 2. The van der Waals surface area contributed by atoms with Crippen LogP contribution < -0.4 is 5.19 Å². The number of rotatable bonds is 9. The lowest BCUT2D eigenvalue weighted by molar-refractivity contribution is -0.0260. The molecule has 0 heterocycles. The normalized spacial score (nSPS) is 26.5. The minimum absolute atomic E-state index is 0.456. The van der Waals surface area contributed by atoms with E-state index in [1.807, 2.05) is 13.2 Å². The van der Waals surface area contributed by atoms with Crippen LogP contribution in [-0.2, 0) is 8.54 Å². The molecule has 0 bridgehead atoms. The van der Waals surface area contributed by atoms with E-state index in [-0.39, 0.29) is 0 Å². The third-order valence-electron chi connectivity index (χ3n) is 5.74. The lowest BCUT2D eigenvalue weighted by Gasteiger charge is -2.39. The Morgan fingerprint density at radius 3 is 2.31 bits per heavy atom. The highest BCUT2D eigenvalue weighted by atomic mass is 28.4. The molecule has 4 nitrogen and oxygen atoms in total. The predicted molar refractivity (Wildman–Crippen MR) is 111 cm³/mol. The molecule has 1 saturated carbocycles. The monoisotopic (exact) mass is 396 g/mol. The summed E-state index contributed by atoms with van der Waals surface area (Å²) >= 11 is 0. The second-order valence-electron chi connectivity index (χ2n) is 8.20. The van der Waals surface area contributed by atoms with Crippen LogP contribution in [0.4, 0.5) is 0 Å². The van der Waals surface area contributed by atoms with Crippen molar-refractivity contribution in [1.29, 1.82) is 0 Å². The minimum atomic E-state index is -2.29. The van der Waals surface area contributed by atoms with Gasteiger partial charge in [0.25, 0.3) is 0 Å². The Morgan fingerprint density at radius 2 is 1.73 bits per heavy atom. The molecule has 1 aromatic carbocycles. The molecule has 0 amide bonds. The van der Waals surface area contributed by atoms with Gasteiger partial charge >= 0.3 is 8.56 Å². The van der Waals surface area contributed by atoms with Crippen LogP contribution in [-0.4, -0.2) is 46.4 Å². The maximum atomic E-state index is 9.98. The van der Waals surface area contributed by atoms with Crippen LogP contribution in [0, 0.1) is 5.92 Å². The molecule has 4 atom stereocenters. The van der Waals surface area contributed by atoms with Gasteiger partial charge in [-0.2, -0.15) is 0 Å². The molecule has 1 fully saturated rings. The van der Waals surface area contributed by atoms with Gasteiger partial charge in [0, 0.05) is 7.11 Å². The van der Waals surface area contributed by atoms with Crippen molar-refractivity contribution in [2.45, 2.75) is 76.4 Å². The lowest BCUT2D eigenvalue weighted by atomic mass is 9.84. The van der Waals surface area contributed by atoms with Crippen molar-refractivity contribution in [1.82, 2.24) is 0 Å². The van der Waals surface area contributed by atoms with Gasteiger partial charge in [-0.15, -0.1) is 0 Å². The van der Waals surface area contributed by atoms with Gasteiger partial charge in [-0.05, 0) is 62.0 Å². The highest BCUT2D eigenvalue weighted by molar-refractivity contribution is 6.91. The molecule has 6 heteroatoms. The first-order valence-electron chi connectivity index (χ1n) is 9.99. The summed E-state index contributed by atoms with van der Waals surface area (Å²) in [6.45, 7) is 6.72. The third kappa shape index (κ3) is 5.74. The number of aliphatic hydroxyl groups is 2. The maximum absolute atomic E-state index is 9.98. The van der Waals surface area contributed by atoms with Crippen molar-refractivity contribution < 1.29 is 18.8 Å². The van der Waals surface area contributed by atoms with Crippen LogP contribution in [0.3, 0.4) is 0 Å². The standard InChI is InChI=1S/C20H36O4Si2/c1-5-14-26(23-2,15-13-17-11-12-19(21)20(22)16-17)24-25(3,4)18-9-7-6-8-10-18/h6-10,17,19-22H,5,11-16H2,1-4H3. The summed E-state index contributed by atoms with van der Waals surface area (Å²) in [6, 6.07) is 12.5. The summed E-state index contributed by atoms with van der Waals surface area (Å²) in [6.07, 6.45) is 3.33. The number of aliphatic hydroxyl groups excluding tert-OH is 2. The fraction of sp³-hybridized carbons (Fsp3) is 0.700. The Morgan fingerprint density at radius 1 is 1.04 bits per heavy atom. The molecular weight excluding hydrogens is 360 g/mol. The van der Waals surface area contributed by atoms with Crippen LogP contribution >= 0.6 is 0 Å². The molecule has 1 aromatic rings. The van der Waals surface area contributed by atoms with Gasteiger partial charge in [0.15, 0.2) is 0 Å². The molecule has 1 aliphatic carbocycles. The maximum Gasteiger partial charge on any atom is 0.327 e. The second-order valence-corrected chi connectivity index (χ2v) is 15.8. The molecule has 0 saturated heterocycles. The largest absolute Gasteiger partial charge is 0.432 e. The van der Waals surface area contributed by atoms with Gasteiger partial charge in [0.05, 0.1) is 12.2 Å². The Bertz CT molecular complexity index is 540. The van der Waals surface area contributed by atoms with Crippen molar-refractivity contribution in [2.24, 2.45) is 5.92 Å². The second kappa shape index (κ2) is 9.62. The molecule has 4 unspecified atom stereocenters. The molecule has 2 rings (SSSR count). The zero-order valence-corrected chi connectivity index (χ0v) is 18.8. The van der Waals surface area contributed by atoms with Crippen LogP contribution in [0.2, 0.25) is 25.2 Å². The van der Waals surface area contributed by atoms with E-state index in [1.165, 1.54) is 5.19 Å². The van der Waals surface area contributed by atoms with Gasteiger partial charge in [-0.1, -0.05) is 43.7 Å². The van der Waals surface area contributed by atoms with E-state index in [0.717, 1.165) is 31.4 Å². The molecule has 1 aliphatic rings. The van der Waals surface area contributed by atoms with Crippen molar-refractivity contribution >= 4 is 22.1 Å². The van der Waals surface area contributed by atoms with Crippen LogP contribution in [0.15, 0.2) is 30.3 Å². The SMILES string of the molecule is CCC[Si](CCC1CCC(O)C(O)C1)(OC)O[Si](C)(C)c1ccccc1. The fourth-order valence-electron chi connectivity index (χ4n) is 4.12. The molecule has 0 radical (unpaired) electrons. The van der Waals surface area contributed by atoms with Gasteiger partial charge < -0.3 is 18.8 Å². The first-order chi connectivity index (χ1) is 12.3. The summed E-state index contributed by atoms with van der Waals surface area (Å²) < 4.78 is 13.0. The molecule has 148 valence electrons. The Labute approximate surface area is 160 Å². The number of hydrogen-bond acceptors (Lipinski definition) is 4. The van der Waals surface area contributed by atoms with E-state index in [2.05, 4.69) is 44.3 Å². The Balaban J connectivity index is 2.07. The highest BCUT2D eigenvalue weighted by Crippen LogP contribution is 2.33. The molecule has 0 spiro atoms. The average molecular weight is 397 g/mol. The summed E-state index contributed by atoms with van der Waals surface area (Å²) in [5.74, 6) is 0.456. The van der Waals surface area contributed by atoms with Crippen molar-refractivity contribution in [2.75, 3.05) is 7.11 Å². The van der Waals surface area contributed by atoms with Crippen LogP contribution in [0.1, 0.15) is 39.0 Å². The van der Waals surface area contributed by atoms with Crippen molar-refractivity contribution in [3.05, 3.63) is 30.3 Å². The topological polar surface area (TPSA) is 58.9 Å². The van der Waals surface area contributed by atoms with E-state index in [1.54, 1.807) is 0 Å². The van der Waals surface area contributed by atoms with Gasteiger partial charge in [0.2, 0.25) is 8.32 Å². The zero-order valence-electron chi connectivity index (χ0n) is 16.8. The van der Waals surface area contributed by atoms with Crippen LogP contribution in [0.25, 0.3) is 0 Å². The summed E-state index contributed by atoms with van der Waals surface area (Å²) in [5, 5.41) is 21.0. The van der Waals surface area contributed by atoms with E-state index in [4.69, 9.17) is 8.54 Å².